The van der Waals surface area contributed by atoms with Gasteiger partial charge in [0, 0.05) is 54.2 Å². The normalized spacial score (nSPS) is 14.5. The number of ether oxygens (including phenoxy) is 1. The first-order valence-corrected chi connectivity index (χ1v) is 16.6. The van der Waals surface area contributed by atoms with Gasteiger partial charge in [0.15, 0.2) is 0 Å². The van der Waals surface area contributed by atoms with Gasteiger partial charge in [0.25, 0.3) is 0 Å². The molecule has 2 heterocycles. The number of amides is 1. The van der Waals surface area contributed by atoms with E-state index in [1.165, 1.54) is 11.4 Å². The van der Waals surface area contributed by atoms with Crippen molar-refractivity contribution in [3.8, 4) is 0 Å². The lowest BCUT2D eigenvalue weighted by Gasteiger charge is -2.36. The van der Waals surface area contributed by atoms with Crippen molar-refractivity contribution in [1.29, 1.82) is 0 Å². The molecule has 4 aromatic rings. The summed E-state index contributed by atoms with van der Waals surface area (Å²) in [6, 6.07) is 21.0. The zero-order chi connectivity index (χ0) is 29.5. The monoisotopic (exact) mass is 652 g/mol. The van der Waals surface area contributed by atoms with E-state index in [-0.39, 0.29) is 36.5 Å². The van der Waals surface area contributed by atoms with Gasteiger partial charge in [-0.15, -0.1) is 0 Å². The first kappa shape index (κ1) is 30.4. The van der Waals surface area contributed by atoms with E-state index in [1.54, 1.807) is 24.4 Å². The molecule has 2 aromatic heterocycles. The lowest BCUT2D eigenvalue weighted by molar-refractivity contribution is -0.135. The molecular weight excluding hydrogens is 616 g/mol. The number of sulfonamides is 1. The molecule has 2 aromatic carbocycles. The quantitative estimate of drug-likeness (QED) is 0.192. The molecule has 0 radical (unpaired) electrons. The third-order valence-corrected chi connectivity index (χ3v) is 10.3. The minimum absolute atomic E-state index is 0.0618. The highest BCUT2D eigenvalue weighted by molar-refractivity contribution is 9.10. The summed E-state index contributed by atoms with van der Waals surface area (Å²) in [6.45, 7) is 1.07. The standard InChI is InChI=1S/C32H37BrN4O4S/c1-41-21-20-36(42(39,40)30-13-5-8-26-9-6-18-34-32(26)30)24-31(38)37(28-10-3-2-4-11-28)23-29-12-7-19-35(29)22-25-14-16-27(33)17-15-25/h5-9,12-19,28H,2-4,10-11,20-24H2,1H3. The fraction of sp³-hybridized carbons (Fsp3) is 0.375. The molecule has 0 saturated heterocycles. The maximum atomic E-state index is 14.1. The van der Waals surface area contributed by atoms with Crippen LogP contribution < -0.4 is 0 Å². The number of pyridine rings is 1. The number of aromatic nitrogens is 2. The number of hydrogen-bond donors (Lipinski definition) is 0. The van der Waals surface area contributed by atoms with Crippen molar-refractivity contribution in [3.63, 3.8) is 0 Å². The molecule has 0 spiro atoms. The van der Waals surface area contributed by atoms with Crippen LogP contribution in [0, 0.1) is 0 Å². The number of benzene rings is 2. The van der Waals surface area contributed by atoms with Crippen molar-refractivity contribution in [2.45, 2.75) is 56.1 Å². The first-order valence-electron chi connectivity index (χ1n) is 14.4. The van der Waals surface area contributed by atoms with E-state index in [2.05, 4.69) is 37.6 Å². The van der Waals surface area contributed by atoms with Crippen molar-refractivity contribution in [3.05, 3.63) is 94.9 Å². The van der Waals surface area contributed by atoms with Gasteiger partial charge in [0.05, 0.1) is 25.2 Å². The molecule has 42 heavy (non-hydrogen) atoms. The Balaban J connectivity index is 1.42. The number of carbonyl (C=O) groups is 1. The summed E-state index contributed by atoms with van der Waals surface area (Å²) in [7, 11) is -2.51. The van der Waals surface area contributed by atoms with E-state index in [0.717, 1.165) is 53.2 Å². The Morgan fingerprint density at radius 1 is 1.02 bits per heavy atom. The Bertz CT molecular complexity index is 1600. The Morgan fingerprint density at radius 2 is 1.79 bits per heavy atom. The van der Waals surface area contributed by atoms with E-state index in [4.69, 9.17) is 4.74 Å². The average Bonchev–Trinajstić information content (AvgIpc) is 3.45. The number of para-hydroxylation sites is 1. The Hall–Kier alpha value is -3.05. The van der Waals surface area contributed by atoms with Crippen LogP contribution in [-0.4, -0.2) is 65.9 Å². The number of rotatable bonds is 12. The molecular formula is C32H37BrN4O4S. The SMILES string of the molecule is COCCN(CC(=O)N(Cc1cccn1Cc1ccc(Br)cc1)C1CCCCC1)S(=O)(=O)c1cccc2cccnc12. The van der Waals surface area contributed by atoms with Crippen LogP contribution in [0.25, 0.3) is 10.9 Å². The predicted molar refractivity (Wildman–Crippen MR) is 167 cm³/mol. The van der Waals surface area contributed by atoms with Gasteiger partial charge in [-0.3, -0.25) is 9.78 Å². The number of halogens is 1. The largest absolute Gasteiger partial charge is 0.383 e. The van der Waals surface area contributed by atoms with Crippen molar-refractivity contribution < 1.29 is 17.9 Å². The minimum atomic E-state index is -4.04. The summed E-state index contributed by atoms with van der Waals surface area (Å²) >= 11 is 3.50. The second kappa shape index (κ2) is 13.9. The van der Waals surface area contributed by atoms with Gasteiger partial charge in [-0.05, 0) is 54.8 Å². The van der Waals surface area contributed by atoms with Crippen LogP contribution in [0.2, 0.25) is 0 Å². The van der Waals surface area contributed by atoms with E-state index >= 15 is 0 Å². The Kier molecular flexibility index (Phi) is 10.1. The molecule has 1 fully saturated rings. The van der Waals surface area contributed by atoms with Crippen molar-refractivity contribution >= 4 is 42.8 Å². The summed E-state index contributed by atoms with van der Waals surface area (Å²) < 4.78 is 37.8. The summed E-state index contributed by atoms with van der Waals surface area (Å²) in [5.74, 6) is -0.203. The van der Waals surface area contributed by atoms with Crippen molar-refractivity contribution in [2.24, 2.45) is 0 Å². The van der Waals surface area contributed by atoms with Gasteiger partial charge in [0.2, 0.25) is 15.9 Å². The molecule has 5 rings (SSSR count). The van der Waals surface area contributed by atoms with E-state index in [1.807, 2.05) is 47.5 Å². The van der Waals surface area contributed by atoms with Crippen LogP contribution in [0.15, 0.2) is 88.5 Å². The minimum Gasteiger partial charge on any atom is -0.383 e. The number of hydrogen-bond acceptors (Lipinski definition) is 5. The van der Waals surface area contributed by atoms with Crippen LogP contribution in [0.5, 0.6) is 0 Å². The van der Waals surface area contributed by atoms with Crippen molar-refractivity contribution in [2.75, 3.05) is 26.8 Å². The molecule has 8 nitrogen and oxygen atoms in total. The first-order chi connectivity index (χ1) is 20.4. The topological polar surface area (TPSA) is 84.7 Å². The van der Waals surface area contributed by atoms with Gasteiger partial charge in [-0.2, -0.15) is 4.31 Å². The number of fused-ring (bicyclic) bond motifs is 1. The average molecular weight is 654 g/mol. The lowest BCUT2D eigenvalue weighted by atomic mass is 9.94. The smallest absolute Gasteiger partial charge is 0.245 e. The number of nitrogens with zero attached hydrogens (tertiary/aromatic N) is 4. The van der Waals surface area contributed by atoms with E-state index < -0.39 is 10.0 Å². The van der Waals surface area contributed by atoms with Crippen LogP contribution in [-0.2, 0) is 32.6 Å². The Labute approximate surface area is 256 Å². The molecule has 0 unspecified atom stereocenters. The summed E-state index contributed by atoms with van der Waals surface area (Å²) in [5.41, 5.74) is 2.57. The van der Waals surface area contributed by atoms with Gasteiger partial charge in [0.1, 0.15) is 4.90 Å². The molecule has 0 atom stereocenters. The predicted octanol–water partition coefficient (Wildman–Crippen LogP) is 5.85. The van der Waals surface area contributed by atoms with E-state index in [9.17, 15) is 13.2 Å². The third kappa shape index (κ3) is 7.11. The fourth-order valence-corrected chi connectivity index (χ4v) is 7.47. The second-order valence-corrected chi connectivity index (χ2v) is 13.6. The van der Waals surface area contributed by atoms with Crippen LogP contribution in [0.4, 0.5) is 0 Å². The third-order valence-electron chi connectivity index (χ3n) is 7.93. The molecule has 0 N–H and O–H groups in total. The summed E-state index contributed by atoms with van der Waals surface area (Å²) in [4.78, 5) is 20.5. The highest BCUT2D eigenvalue weighted by atomic mass is 79.9. The van der Waals surface area contributed by atoms with E-state index in [0.29, 0.717) is 18.6 Å². The highest BCUT2D eigenvalue weighted by Gasteiger charge is 2.33. The number of carbonyl (C=O) groups excluding carboxylic acids is 1. The Morgan fingerprint density at radius 3 is 2.55 bits per heavy atom. The van der Waals surface area contributed by atoms with Crippen LogP contribution >= 0.6 is 15.9 Å². The summed E-state index contributed by atoms with van der Waals surface area (Å²) in [6.07, 6.45) is 8.71. The van der Waals surface area contributed by atoms with Gasteiger partial charge in [-0.25, -0.2) is 8.42 Å². The summed E-state index contributed by atoms with van der Waals surface area (Å²) in [5, 5.41) is 0.729. The lowest BCUT2D eigenvalue weighted by Crippen LogP contribution is -2.48. The van der Waals surface area contributed by atoms with Gasteiger partial charge >= 0.3 is 0 Å². The second-order valence-electron chi connectivity index (χ2n) is 10.7. The molecule has 1 aliphatic carbocycles. The maximum absolute atomic E-state index is 14.1. The van der Waals surface area contributed by atoms with Gasteiger partial charge in [-0.1, -0.05) is 65.5 Å². The maximum Gasteiger partial charge on any atom is 0.245 e. The molecule has 1 aliphatic rings. The fourth-order valence-electron chi connectivity index (χ4n) is 5.66. The highest BCUT2D eigenvalue weighted by Crippen LogP contribution is 2.27. The van der Waals surface area contributed by atoms with Crippen LogP contribution in [0.1, 0.15) is 43.4 Å². The van der Waals surface area contributed by atoms with Gasteiger partial charge < -0.3 is 14.2 Å². The number of methoxy groups -OCH3 is 1. The molecule has 10 heteroatoms. The molecule has 0 bridgehead atoms. The zero-order valence-corrected chi connectivity index (χ0v) is 26.3. The molecule has 0 aliphatic heterocycles. The van der Waals surface area contributed by atoms with Crippen LogP contribution in [0.3, 0.4) is 0 Å². The zero-order valence-electron chi connectivity index (χ0n) is 23.9. The molecule has 222 valence electrons. The molecule has 1 amide bonds. The van der Waals surface area contributed by atoms with Crippen molar-refractivity contribution in [1.82, 2.24) is 18.8 Å². The molecule has 1 saturated carbocycles.